The van der Waals surface area contributed by atoms with Gasteiger partial charge >= 0.3 is 0 Å². The van der Waals surface area contributed by atoms with Gasteiger partial charge in [-0.2, -0.15) is 0 Å². The molecule has 86 valence electrons. The molecule has 1 aliphatic heterocycles. The molecule has 0 atom stereocenters. The van der Waals surface area contributed by atoms with Crippen LogP contribution in [0, 0.1) is 5.92 Å². The summed E-state index contributed by atoms with van der Waals surface area (Å²) >= 11 is 0. The molecule has 1 saturated carbocycles. The smallest absolute Gasteiger partial charge is 0.222 e. The second-order valence-electron chi connectivity index (χ2n) is 4.82. The summed E-state index contributed by atoms with van der Waals surface area (Å²) in [6.07, 6.45) is 7.11. The Morgan fingerprint density at radius 2 is 2.07 bits per heavy atom. The molecule has 3 heteroatoms. The molecule has 2 aliphatic rings. The van der Waals surface area contributed by atoms with Crippen molar-refractivity contribution in [2.45, 2.75) is 38.5 Å². The molecule has 1 saturated heterocycles. The van der Waals surface area contributed by atoms with Gasteiger partial charge in [0.25, 0.3) is 0 Å². The second-order valence-corrected chi connectivity index (χ2v) is 4.82. The Morgan fingerprint density at radius 1 is 1.20 bits per heavy atom. The Balaban J connectivity index is 1.68. The van der Waals surface area contributed by atoms with Crippen molar-refractivity contribution in [1.29, 1.82) is 0 Å². The minimum absolute atomic E-state index is 0.380. The number of carbonyl (C=O) groups is 1. The lowest BCUT2D eigenvalue weighted by molar-refractivity contribution is -0.131. The van der Waals surface area contributed by atoms with E-state index in [4.69, 9.17) is 0 Å². The van der Waals surface area contributed by atoms with Crippen LogP contribution in [-0.2, 0) is 4.79 Å². The molecular formula is C12H22N2O. The number of amides is 1. The van der Waals surface area contributed by atoms with Gasteiger partial charge in [-0.1, -0.05) is 19.3 Å². The summed E-state index contributed by atoms with van der Waals surface area (Å²) in [7, 11) is 0. The van der Waals surface area contributed by atoms with Gasteiger partial charge in [0.2, 0.25) is 5.91 Å². The second kappa shape index (κ2) is 5.50. The highest BCUT2D eigenvalue weighted by molar-refractivity contribution is 5.76. The highest BCUT2D eigenvalue weighted by atomic mass is 16.2. The van der Waals surface area contributed by atoms with E-state index in [1.165, 1.54) is 19.3 Å². The zero-order valence-corrected chi connectivity index (χ0v) is 9.50. The number of nitrogens with zero attached hydrogens (tertiary/aromatic N) is 1. The molecule has 0 unspecified atom stereocenters. The van der Waals surface area contributed by atoms with Crippen molar-refractivity contribution in [2.24, 2.45) is 5.92 Å². The molecule has 0 spiro atoms. The van der Waals surface area contributed by atoms with Gasteiger partial charge in [0.1, 0.15) is 0 Å². The third-order valence-corrected chi connectivity index (χ3v) is 3.68. The summed E-state index contributed by atoms with van der Waals surface area (Å²) in [5, 5.41) is 3.33. The quantitative estimate of drug-likeness (QED) is 0.763. The van der Waals surface area contributed by atoms with Crippen LogP contribution in [0.5, 0.6) is 0 Å². The van der Waals surface area contributed by atoms with Crippen LogP contribution >= 0.6 is 0 Å². The van der Waals surface area contributed by atoms with E-state index in [2.05, 4.69) is 5.32 Å². The molecule has 2 fully saturated rings. The topological polar surface area (TPSA) is 32.3 Å². The van der Waals surface area contributed by atoms with E-state index in [0.717, 1.165) is 51.4 Å². The summed E-state index contributed by atoms with van der Waals surface area (Å²) in [5.41, 5.74) is 0. The lowest BCUT2D eigenvalue weighted by atomic mass is 9.82. The van der Waals surface area contributed by atoms with Crippen molar-refractivity contribution >= 4 is 5.91 Å². The number of hydrogen-bond acceptors (Lipinski definition) is 2. The monoisotopic (exact) mass is 210 g/mol. The van der Waals surface area contributed by atoms with E-state index < -0.39 is 0 Å². The van der Waals surface area contributed by atoms with Gasteiger partial charge in [-0.05, 0) is 25.3 Å². The maximum atomic E-state index is 11.9. The number of rotatable bonds is 3. The van der Waals surface area contributed by atoms with Gasteiger partial charge in [-0.15, -0.1) is 0 Å². The standard InChI is InChI=1S/C12H22N2O/c15-12(6-5-11-3-1-4-11)14-9-2-7-13-8-10-14/h11,13H,1-10H2. The molecule has 0 aromatic heterocycles. The molecule has 0 aromatic rings. The normalized spacial score (nSPS) is 23.3. The van der Waals surface area contributed by atoms with Crippen LogP contribution in [-0.4, -0.2) is 37.0 Å². The maximum Gasteiger partial charge on any atom is 0.222 e. The van der Waals surface area contributed by atoms with Gasteiger partial charge in [-0.25, -0.2) is 0 Å². The van der Waals surface area contributed by atoms with Crippen LogP contribution < -0.4 is 5.32 Å². The first-order valence-electron chi connectivity index (χ1n) is 6.35. The van der Waals surface area contributed by atoms with E-state index in [-0.39, 0.29) is 0 Å². The highest BCUT2D eigenvalue weighted by Gasteiger charge is 2.20. The Hall–Kier alpha value is -0.570. The molecule has 1 aliphatic carbocycles. The molecule has 0 radical (unpaired) electrons. The molecule has 2 rings (SSSR count). The van der Waals surface area contributed by atoms with Gasteiger partial charge in [0.05, 0.1) is 0 Å². The molecule has 1 heterocycles. The molecule has 1 N–H and O–H groups in total. The van der Waals surface area contributed by atoms with Crippen molar-refractivity contribution in [2.75, 3.05) is 26.2 Å². The molecule has 0 aromatic carbocycles. The van der Waals surface area contributed by atoms with Gasteiger partial charge in [-0.3, -0.25) is 4.79 Å². The average molecular weight is 210 g/mol. The molecule has 15 heavy (non-hydrogen) atoms. The molecule has 0 bridgehead atoms. The largest absolute Gasteiger partial charge is 0.341 e. The van der Waals surface area contributed by atoms with Crippen molar-refractivity contribution in [3.63, 3.8) is 0 Å². The van der Waals surface area contributed by atoms with Crippen molar-refractivity contribution in [1.82, 2.24) is 10.2 Å². The minimum Gasteiger partial charge on any atom is -0.341 e. The van der Waals surface area contributed by atoms with Gasteiger partial charge in [0.15, 0.2) is 0 Å². The first-order valence-corrected chi connectivity index (χ1v) is 6.35. The molecular weight excluding hydrogens is 188 g/mol. The first kappa shape index (κ1) is 10.9. The zero-order valence-electron chi connectivity index (χ0n) is 9.50. The number of carbonyl (C=O) groups excluding carboxylic acids is 1. The van der Waals surface area contributed by atoms with Crippen LogP contribution in [0.4, 0.5) is 0 Å². The third-order valence-electron chi connectivity index (χ3n) is 3.68. The Kier molecular flexibility index (Phi) is 4.01. The predicted molar refractivity (Wildman–Crippen MR) is 60.6 cm³/mol. The fourth-order valence-electron chi connectivity index (χ4n) is 2.36. The fourth-order valence-corrected chi connectivity index (χ4v) is 2.36. The zero-order chi connectivity index (χ0) is 10.5. The first-order chi connectivity index (χ1) is 7.36. The van der Waals surface area contributed by atoms with E-state index in [1.54, 1.807) is 0 Å². The van der Waals surface area contributed by atoms with E-state index in [9.17, 15) is 4.79 Å². The Morgan fingerprint density at radius 3 is 2.80 bits per heavy atom. The predicted octanol–water partition coefficient (Wildman–Crippen LogP) is 1.39. The SMILES string of the molecule is O=C(CCC1CCC1)N1CCCNCC1. The fraction of sp³-hybridized carbons (Fsp3) is 0.917. The Labute approximate surface area is 92.2 Å². The minimum atomic E-state index is 0.380. The summed E-state index contributed by atoms with van der Waals surface area (Å²) in [4.78, 5) is 13.9. The number of hydrogen-bond donors (Lipinski definition) is 1. The summed E-state index contributed by atoms with van der Waals surface area (Å²) in [5.74, 6) is 1.24. The molecule has 3 nitrogen and oxygen atoms in total. The summed E-state index contributed by atoms with van der Waals surface area (Å²) in [6.45, 7) is 3.89. The average Bonchev–Trinajstić information content (AvgIpc) is 2.43. The van der Waals surface area contributed by atoms with Crippen LogP contribution in [0.15, 0.2) is 0 Å². The van der Waals surface area contributed by atoms with Crippen LogP contribution in [0.2, 0.25) is 0 Å². The van der Waals surface area contributed by atoms with Crippen molar-refractivity contribution in [3.05, 3.63) is 0 Å². The summed E-state index contributed by atoms with van der Waals surface area (Å²) < 4.78 is 0. The lowest BCUT2D eigenvalue weighted by Gasteiger charge is -2.26. The van der Waals surface area contributed by atoms with Gasteiger partial charge < -0.3 is 10.2 Å². The molecule has 1 amide bonds. The van der Waals surface area contributed by atoms with Crippen molar-refractivity contribution < 1.29 is 4.79 Å². The van der Waals surface area contributed by atoms with Crippen molar-refractivity contribution in [3.8, 4) is 0 Å². The van der Waals surface area contributed by atoms with E-state index in [1.807, 2.05) is 4.90 Å². The van der Waals surface area contributed by atoms with Gasteiger partial charge in [0, 0.05) is 26.1 Å². The maximum absolute atomic E-state index is 11.9. The van der Waals surface area contributed by atoms with Crippen LogP contribution in [0.25, 0.3) is 0 Å². The third kappa shape index (κ3) is 3.20. The van der Waals surface area contributed by atoms with E-state index in [0.29, 0.717) is 5.91 Å². The van der Waals surface area contributed by atoms with Crippen LogP contribution in [0.1, 0.15) is 38.5 Å². The van der Waals surface area contributed by atoms with Crippen LogP contribution in [0.3, 0.4) is 0 Å². The lowest BCUT2D eigenvalue weighted by Crippen LogP contribution is -2.34. The highest BCUT2D eigenvalue weighted by Crippen LogP contribution is 2.30. The summed E-state index contributed by atoms with van der Waals surface area (Å²) in [6, 6.07) is 0. The number of nitrogens with one attached hydrogen (secondary N) is 1. The van der Waals surface area contributed by atoms with E-state index >= 15 is 0 Å². The Bertz CT molecular complexity index is 206.